The molecule has 0 aromatic rings. The van der Waals surface area contributed by atoms with Crippen LogP contribution in [0.25, 0.3) is 0 Å². The molecule has 5 heteroatoms. The molecule has 2 atom stereocenters. The van der Waals surface area contributed by atoms with Crippen molar-refractivity contribution in [1.29, 1.82) is 0 Å². The van der Waals surface area contributed by atoms with E-state index >= 15 is 0 Å². The molecule has 1 aliphatic rings. The molecule has 1 fully saturated rings. The molecule has 1 saturated carbocycles. The highest BCUT2D eigenvalue weighted by Crippen LogP contribution is 2.43. The van der Waals surface area contributed by atoms with Crippen molar-refractivity contribution in [1.82, 2.24) is 0 Å². The van der Waals surface area contributed by atoms with Gasteiger partial charge in [0.05, 0.1) is 29.4 Å². The fraction of sp³-hybridized carbons (Fsp3) is 1.00. The topological polar surface area (TPSA) is 18.5 Å². The third kappa shape index (κ3) is 4.77. The van der Waals surface area contributed by atoms with Crippen LogP contribution in [-0.2, 0) is 8.92 Å². The number of rotatable bonds is 5. The van der Waals surface area contributed by atoms with Gasteiger partial charge >= 0.3 is 0 Å². The van der Waals surface area contributed by atoms with Crippen LogP contribution in [0, 0.1) is 5.41 Å². The Morgan fingerprint density at radius 1 is 1.27 bits per heavy atom. The van der Waals surface area contributed by atoms with Crippen LogP contribution in [0.15, 0.2) is 0 Å². The summed E-state index contributed by atoms with van der Waals surface area (Å²) in [5.41, 5.74) is 0.325. The van der Waals surface area contributed by atoms with Crippen LogP contribution >= 0.6 is 32.6 Å². The van der Waals surface area contributed by atoms with Crippen LogP contribution in [0.2, 0.25) is 0 Å². The largest absolute Gasteiger partial charge is 0.373 e. The molecule has 0 amide bonds. The maximum atomic E-state index is 5.88. The highest BCUT2D eigenvalue weighted by Gasteiger charge is 2.41. The summed E-state index contributed by atoms with van der Waals surface area (Å²) >= 11 is 5.39. The van der Waals surface area contributed by atoms with E-state index in [9.17, 15) is 0 Å². The highest BCUT2D eigenvalue weighted by molar-refractivity contribution is 9.04. The molecule has 1 aliphatic carbocycles. The molecule has 0 saturated heterocycles. The van der Waals surface area contributed by atoms with E-state index in [0.717, 1.165) is 12.8 Å². The predicted molar refractivity (Wildman–Crippen MR) is 72.1 cm³/mol. The summed E-state index contributed by atoms with van der Waals surface area (Å²) in [5, 5.41) is 0. The monoisotopic (exact) mass is 268 g/mol. The Morgan fingerprint density at radius 3 is 2.40 bits per heavy atom. The van der Waals surface area contributed by atoms with Crippen molar-refractivity contribution in [2.45, 2.75) is 58.8 Å². The Labute approximate surface area is 106 Å². The standard InChI is InChI=1S/C10H20O2S3/c1-7(2)11-8-5-10(3,4)6-9(8)12-14-15-13/h7-9,13H,5-6H2,1-4H3/t8-,9-/m1/s1. The third-order valence-electron chi connectivity index (χ3n) is 2.56. The lowest BCUT2D eigenvalue weighted by molar-refractivity contribution is -0.0350. The van der Waals surface area contributed by atoms with Crippen LogP contribution in [0.4, 0.5) is 0 Å². The molecule has 2 nitrogen and oxygen atoms in total. The molecule has 15 heavy (non-hydrogen) atoms. The molecular formula is C10H20O2S3. The Balaban J connectivity index is 2.49. The van der Waals surface area contributed by atoms with Crippen molar-refractivity contribution in [2.24, 2.45) is 5.41 Å². The Morgan fingerprint density at radius 2 is 1.87 bits per heavy atom. The van der Waals surface area contributed by atoms with Gasteiger partial charge in [-0.2, -0.15) is 0 Å². The normalized spacial score (nSPS) is 30.0. The predicted octanol–water partition coefficient (Wildman–Crippen LogP) is 4.13. The van der Waals surface area contributed by atoms with Gasteiger partial charge in [0.1, 0.15) is 0 Å². The smallest absolute Gasteiger partial charge is 0.0999 e. The van der Waals surface area contributed by atoms with Gasteiger partial charge in [0.2, 0.25) is 0 Å². The summed E-state index contributed by atoms with van der Waals surface area (Å²) < 4.78 is 11.6. The maximum Gasteiger partial charge on any atom is 0.0999 e. The first-order valence-corrected chi connectivity index (χ1v) is 8.36. The van der Waals surface area contributed by atoms with Gasteiger partial charge < -0.3 is 4.74 Å². The fourth-order valence-corrected chi connectivity index (χ4v) is 3.14. The summed E-state index contributed by atoms with van der Waals surface area (Å²) in [6, 6.07) is 0. The Hall–Kier alpha value is 0.970. The van der Waals surface area contributed by atoms with Gasteiger partial charge in [0.15, 0.2) is 0 Å². The van der Waals surface area contributed by atoms with Crippen LogP contribution in [0.3, 0.4) is 0 Å². The Bertz CT molecular complexity index is 197. The van der Waals surface area contributed by atoms with Crippen LogP contribution in [-0.4, -0.2) is 18.3 Å². The zero-order valence-electron chi connectivity index (χ0n) is 9.73. The molecule has 0 radical (unpaired) electrons. The minimum Gasteiger partial charge on any atom is -0.373 e. The molecule has 0 aliphatic heterocycles. The van der Waals surface area contributed by atoms with Crippen LogP contribution in [0.5, 0.6) is 0 Å². The minimum atomic E-state index is 0.201. The van der Waals surface area contributed by atoms with Gasteiger partial charge in [-0.15, -0.1) is 0 Å². The van der Waals surface area contributed by atoms with E-state index in [-0.39, 0.29) is 18.3 Å². The van der Waals surface area contributed by atoms with Crippen molar-refractivity contribution < 1.29 is 8.92 Å². The number of ether oxygens (including phenoxy) is 1. The molecule has 1 rings (SSSR count). The molecule has 0 unspecified atom stereocenters. The number of thiol groups is 1. The first-order chi connectivity index (χ1) is 6.94. The first-order valence-electron chi connectivity index (χ1n) is 5.23. The van der Waals surface area contributed by atoms with E-state index < -0.39 is 0 Å². The van der Waals surface area contributed by atoms with Crippen LogP contribution in [0.1, 0.15) is 40.5 Å². The van der Waals surface area contributed by atoms with Gasteiger partial charge in [-0.1, -0.05) is 25.5 Å². The second-order valence-electron chi connectivity index (χ2n) is 5.07. The van der Waals surface area contributed by atoms with E-state index in [0.29, 0.717) is 5.41 Å². The summed E-state index contributed by atoms with van der Waals surface area (Å²) in [7, 11) is 1.34. The van der Waals surface area contributed by atoms with Gasteiger partial charge in [0.25, 0.3) is 0 Å². The zero-order chi connectivity index (χ0) is 11.5. The van der Waals surface area contributed by atoms with Crippen molar-refractivity contribution in [3.8, 4) is 0 Å². The van der Waals surface area contributed by atoms with Gasteiger partial charge in [-0.3, -0.25) is 4.18 Å². The number of hydrogen-bond acceptors (Lipinski definition) is 5. The summed E-state index contributed by atoms with van der Waals surface area (Å²) in [6.45, 7) is 8.68. The molecule has 0 N–H and O–H groups in total. The molecular weight excluding hydrogens is 248 g/mol. The zero-order valence-corrected chi connectivity index (χ0v) is 12.3. The fourth-order valence-electron chi connectivity index (χ4n) is 2.08. The van der Waals surface area contributed by atoms with Gasteiger partial charge in [-0.05, 0) is 32.1 Å². The van der Waals surface area contributed by atoms with Gasteiger partial charge in [-0.25, -0.2) is 0 Å². The average Bonchev–Trinajstić information content (AvgIpc) is 2.36. The molecule has 0 spiro atoms. The van der Waals surface area contributed by atoms with E-state index in [4.69, 9.17) is 8.92 Å². The quantitative estimate of drug-likeness (QED) is 0.459. The van der Waals surface area contributed by atoms with E-state index in [1.54, 1.807) is 0 Å². The van der Waals surface area contributed by atoms with Crippen molar-refractivity contribution in [3.05, 3.63) is 0 Å². The summed E-state index contributed by atoms with van der Waals surface area (Å²) in [4.78, 5) is 0. The SMILES string of the molecule is CC(C)O[C@@H]1CC(C)(C)C[C@H]1OSSS. The number of hydrogen-bond donors (Lipinski definition) is 1. The molecule has 0 bridgehead atoms. The Kier molecular flexibility index (Phi) is 5.66. The van der Waals surface area contributed by atoms with Gasteiger partial charge in [0, 0.05) is 9.83 Å². The van der Waals surface area contributed by atoms with E-state index in [1.807, 2.05) is 0 Å². The molecule has 0 heterocycles. The van der Waals surface area contributed by atoms with Crippen LogP contribution < -0.4 is 0 Å². The van der Waals surface area contributed by atoms with E-state index in [2.05, 4.69) is 39.4 Å². The lowest BCUT2D eigenvalue weighted by Gasteiger charge is -2.21. The van der Waals surface area contributed by atoms with Crippen molar-refractivity contribution >= 4 is 32.6 Å². The maximum absolute atomic E-state index is 5.88. The third-order valence-corrected chi connectivity index (χ3v) is 3.92. The van der Waals surface area contributed by atoms with Crippen molar-refractivity contribution in [2.75, 3.05) is 0 Å². The summed E-state index contributed by atoms with van der Waals surface area (Å²) in [5.74, 6) is 0. The molecule has 0 aromatic carbocycles. The highest BCUT2D eigenvalue weighted by atomic mass is 33.5. The second-order valence-corrected chi connectivity index (χ2v) is 7.75. The lowest BCUT2D eigenvalue weighted by Crippen LogP contribution is -2.26. The average molecular weight is 268 g/mol. The second kappa shape index (κ2) is 6.05. The minimum absolute atomic E-state index is 0.201. The molecule has 0 aromatic heterocycles. The van der Waals surface area contributed by atoms with E-state index in [1.165, 1.54) is 20.9 Å². The van der Waals surface area contributed by atoms with Crippen molar-refractivity contribution in [3.63, 3.8) is 0 Å². The first kappa shape index (κ1) is 14.0. The lowest BCUT2D eigenvalue weighted by atomic mass is 9.92. The summed E-state index contributed by atoms with van der Waals surface area (Å²) in [6.07, 6.45) is 2.84. The molecule has 90 valence electrons.